The van der Waals surface area contributed by atoms with Crippen molar-refractivity contribution in [1.82, 2.24) is 15.0 Å². The van der Waals surface area contributed by atoms with Crippen LogP contribution in [0.25, 0.3) is 10.9 Å². The summed E-state index contributed by atoms with van der Waals surface area (Å²) in [5.41, 5.74) is 3.18. The number of aliphatic carboxylic acids is 1. The molecule has 1 aromatic carbocycles. The summed E-state index contributed by atoms with van der Waals surface area (Å²) in [4.78, 5) is 21.0. The molecule has 3 N–H and O–H groups in total. The lowest BCUT2D eigenvalue weighted by molar-refractivity contribution is -0.192. The maximum absolute atomic E-state index is 10.6. The second-order valence-electron chi connectivity index (χ2n) is 5.36. The number of carboxylic acid groups (broad SMARTS) is 1. The molecule has 2 heterocycles. The van der Waals surface area contributed by atoms with Gasteiger partial charge in [-0.15, -0.1) is 0 Å². The number of aromatic nitrogens is 3. The van der Waals surface area contributed by atoms with E-state index < -0.39 is 12.1 Å². The molecule has 3 aromatic rings. The van der Waals surface area contributed by atoms with E-state index in [9.17, 15) is 13.2 Å². The summed E-state index contributed by atoms with van der Waals surface area (Å²) in [6.07, 6.45) is -0.411. The van der Waals surface area contributed by atoms with Crippen LogP contribution in [0.5, 0.6) is 0 Å². The SMILES string of the molecule is CCc1cnc(CNc2ccnc3c(Br)cccc23)[nH]1.O=C(O)C(F)(F)F. The van der Waals surface area contributed by atoms with Crippen LogP contribution in [0, 0.1) is 0 Å². The predicted molar refractivity (Wildman–Crippen MR) is 98.4 cm³/mol. The van der Waals surface area contributed by atoms with Gasteiger partial charge in [0, 0.05) is 33.6 Å². The van der Waals surface area contributed by atoms with Crippen molar-refractivity contribution in [2.45, 2.75) is 26.1 Å². The molecule has 0 saturated heterocycles. The van der Waals surface area contributed by atoms with Gasteiger partial charge in [0.05, 0.1) is 12.1 Å². The topological polar surface area (TPSA) is 90.9 Å². The molecule has 27 heavy (non-hydrogen) atoms. The first-order valence-electron chi connectivity index (χ1n) is 7.82. The molecule has 0 saturated carbocycles. The summed E-state index contributed by atoms with van der Waals surface area (Å²) in [5.74, 6) is -1.81. The van der Waals surface area contributed by atoms with Gasteiger partial charge in [0.1, 0.15) is 5.82 Å². The zero-order valence-corrected chi connectivity index (χ0v) is 15.7. The molecule has 0 fully saturated rings. The number of fused-ring (bicyclic) bond motifs is 1. The Hall–Kier alpha value is -2.62. The minimum atomic E-state index is -5.08. The van der Waals surface area contributed by atoms with Crippen molar-refractivity contribution in [2.24, 2.45) is 0 Å². The van der Waals surface area contributed by atoms with Gasteiger partial charge in [0.15, 0.2) is 0 Å². The number of anilines is 1. The standard InChI is InChI=1S/C15H15BrN4.C2HF3O2/c1-2-10-8-19-14(20-10)9-18-13-6-7-17-15-11(13)4-3-5-12(15)16;3-2(4,5)1(6)7/h3-8H,2,9H2,1H3,(H,17,18)(H,19,20);(H,6,7). The van der Waals surface area contributed by atoms with E-state index in [1.165, 1.54) is 0 Å². The summed E-state index contributed by atoms with van der Waals surface area (Å²) in [5, 5.41) is 11.6. The lowest BCUT2D eigenvalue weighted by Crippen LogP contribution is -2.21. The number of pyridine rings is 1. The Bertz CT molecular complexity index is 928. The van der Waals surface area contributed by atoms with Gasteiger partial charge in [-0.2, -0.15) is 13.2 Å². The van der Waals surface area contributed by atoms with Crippen molar-refractivity contribution in [3.8, 4) is 0 Å². The number of hydrogen-bond donors (Lipinski definition) is 3. The number of nitrogens with one attached hydrogen (secondary N) is 2. The van der Waals surface area contributed by atoms with E-state index in [1.807, 2.05) is 30.6 Å². The van der Waals surface area contributed by atoms with Gasteiger partial charge in [-0.1, -0.05) is 19.1 Å². The molecular formula is C17H16BrF3N4O2. The lowest BCUT2D eigenvalue weighted by Gasteiger charge is -2.08. The second kappa shape index (κ2) is 8.85. The number of H-pyrrole nitrogens is 1. The average molecular weight is 445 g/mol. The van der Waals surface area contributed by atoms with Crippen LogP contribution in [0.1, 0.15) is 18.4 Å². The first-order valence-corrected chi connectivity index (χ1v) is 8.61. The highest BCUT2D eigenvalue weighted by Crippen LogP contribution is 2.27. The summed E-state index contributed by atoms with van der Waals surface area (Å²) in [7, 11) is 0. The number of benzene rings is 1. The van der Waals surface area contributed by atoms with E-state index in [0.717, 1.165) is 39.0 Å². The number of alkyl halides is 3. The molecule has 3 rings (SSSR count). The Morgan fingerprint density at radius 2 is 2.00 bits per heavy atom. The molecule has 0 aliphatic heterocycles. The Morgan fingerprint density at radius 1 is 1.30 bits per heavy atom. The predicted octanol–water partition coefficient (Wildman–Crippen LogP) is 4.53. The van der Waals surface area contributed by atoms with Gasteiger partial charge in [-0.05, 0) is 34.5 Å². The fourth-order valence-electron chi connectivity index (χ4n) is 2.15. The summed E-state index contributed by atoms with van der Waals surface area (Å²) >= 11 is 3.53. The van der Waals surface area contributed by atoms with Crippen LogP contribution < -0.4 is 5.32 Å². The van der Waals surface area contributed by atoms with Crippen molar-refractivity contribution in [3.05, 3.63) is 52.7 Å². The Kier molecular flexibility index (Phi) is 6.78. The number of imidazole rings is 1. The molecule has 0 radical (unpaired) electrons. The Labute approximate surface area is 161 Å². The van der Waals surface area contributed by atoms with Crippen LogP contribution >= 0.6 is 15.9 Å². The zero-order chi connectivity index (χ0) is 20.0. The van der Waals surface area contributed by atoms with Crippen molar-refractivity contribution < 1.29 is 23.1 Å². The van der Waals surface area contributed by atoms with E-state index in [2.05, 4.69) is 49.2 Å². The molecule has 0 unspecified atom stereocenters. The number of carbonyl (C=O) groups is 1. The molecule has 0 aliphatic carbocycles. The third-order valence-electron chi connectivity index (χ3n) is 3.47. The number of nitrogens with zero attached hydrogens (tertiary/aromatic N) is 2. The van der Waals surface area contributed by atoms with E-state index in [0.29, 0.717) is 6.54 Å². The van der Waals surface area contributed by atoms with E-state index in [1.54, 1.807) is 0 Å². The van der Waals surface area contributed by atoms with Gasteiger partial charge >= 0.3 is 12.1 Å². The van der Waals surface area contributed by atoms with E-state index >= 15 is 0 Å². The molecule has 0 aliphatic rings. The fraction of sp³-hybridized carbons (Fsp3) is 0.235. The number of rotatable bonds is 4. The third-order valence-corrected chi connectivity index (χ3v) is 4.11. The highest BCUT2D eigenvalue weighted by atomic mass is 79.9. The second-order valence-corrected chi connectivity index (χ2v) is 6.21. The molecule has 2 aromatic heterocycles. The number of halogens is 4. The minimum absolute atomic E-state index is 0.672. The summed E-state index contributed by atoms with van der Waals surface area (Å²) in [6, 6.07) is 8.06. The number of hydrogen-bond acceptors (Lipinski definition) is 4. The highest BCUT2D eigenvalue weighted by Gasteiger charge is 2.38. The fourth-order valence-corrected chi connectivity index (χ4v) is 2.62. The van der Waals surface area contributed by atoms with Crippen molar-refractivity contribution in [1.29, 1.82) is 0 Å². The molecule has 0 amide bonds. The van der Waals surface area contributed by atoms with Gasteiger partial charge < -0.3 is 15.4 Å². The molecule has 6 nitrogen and oxygen atoms in total. The maximum Gasteiger partial charge on any atom is 0.490 e. The van der Waals surface area contributed by atoms with E-state index in [-0.39, 0.29) is 0 Å². The van der Waals surface area contributed by atoms with Crippen LogP contribution in [-0.4, -0.2) is 32.2 Å². The third kappa shape index (κ3) is 5.68. The van der Waals surface area contributed by atoms with E-state index in [4.69, 9.17) is 9.90 Å². The lowest BCUT2D eigenvalue weighted by atomic mass is 10.2. The largest absolute Gasteiger partial charge is 0.490 e. The van der Waals surface area contributed by atoms with Crippen LogP contribution in [0.3, 0.4) is 0 Å². The van der Waals surface area contributed by atoms with Crippen molar-refractivity contribution >= 4 is 38.5 Å². The average Bonchev–Trinajstić information content (AvgIpc) is 3.08. The maximum atomic E-state index is 10.6. The number of aryl methyl sites for hydroxylation is 1. The van der Waals surface area contributed by atoms with Gasteiger partial charge in [0.25, 0.3) is 0 Å². The minimum Gasteiger partial charge on any atom is -0.475 e. The quantitative estimate of drug-likeness (QED) is 0.549. The van der Waals surface area contributed by atoms with Crippen LogP contribution in [0.4, 0.5) is 18.9 Å². The number of aromatic amines is 1. The molecular weight excluding hydrogens is 429 g/mol. The molecule has 0 bridgehead atoms. The van der Waals surface area contributed by atoms with Crippen molar-refractivity contribution in [2.75, 3.05) is 5.32 Å². The van der Waals surface area contributed by atoms with Gasteiger partial charge in [-0.25, -0.2) is 9.78 Å². The first kappa shape index (κ1) is 20.7. The Morgan fingerprint density at radius 3 is 2.59 bits per heavy atom. The summed E-state index contributed by atoms with van der Waals surface area (Å²) < 4.78 is 32.7. The molecule has 0 spiro atoms. The highest BCUT2D eigenvalue weighted by molar-refractivity contribution is 9.10. The van der Waals surface area contributed by atoms with Crippen LogP contribution in [0.15, 0.2) is 41.1 Å². The normalized spacial score (nSPS) is 11.0. The smallest absolute Gasteiger partial charge is 0.475 e. The summed E-state index contributed by atoms with van der Waals surface area (Å²) in [6.45, 7) is 2.78. The number of para-hydroxylation sites is 1. The molecule has 0 atom stereocenters. The first-order chi connectivity index (χ1) is 12.7. The Balaban J connectivity index is 0.000000321. The monoisotopic (exact) mass is 444 g/mol. The zero-order valence-electron chi connectivity index (χ0n) is 14.1. The number of carboxylic acids is 1. The van der Waals surface area contributed by atoms with Gasteiger partial charge in [0.2, 0.25) is 0 Å². The van der Waals surface area contributed by atoms with Crippen LogP contribution in [0.2, 0.25) is 0 Å². The molecule has 144 valence electrons. The van der Waals surface area contributed by atoms with Crippen LogP contribution in [-0.2, 0) is 17.8 Å². The van der Waals surface area contributed by atoms with Gasteiger partial charge in [-0.3, -0.25) is 4.98 Å². The molecule has 10 heteroatoms. The van der Waals surface area contributed by atoms with Crippen molar-refractivity contribution in [3.63, 3.8) is 0 Å².